The van der Waals surface area contributed by atoms with Crippen LogP contribution < -0.4 is 10.1 Å². The van der Waals surface area contributed by atoms with Gasteiger partial charge in [-0.2, -0.15) is 18.4 Å². The minimum absolute atomic E-state index is 0.179. The third kappa shape index (κ3) is 5.11. The molecule has 0 atom stereocenters. The van der Waals surface area contributed by atoms with E-state index in [1.165, 1.54) is 6.33 Å². The molecule has 10 heteroatoms. The summed E-state index contributed by atoms with van der Waals surface area (Å²) in [7, 11) is 1.67. The van der Waals surface area contributed by atoms with E-state index in [1.807, 2.05) is 6.08 Å². The van der Waals surface area contributed by atoms with Crippen LogP contribution in [0.15, 0.2) is 30.1 Å². The maximum Gasteiger partial charge on any atom is 0.393 e. The van der Waals surface area contributed by atoms with Gasteiger partial charge in [0.05, 0.1) is 25.0 Å². The average molecular weight is 500 g/mol. The highest BCUT2D eigenvalue weighted by Gasteiger charge is 2.29. The number of hydrogen-bond acceptors (Lipinski definition) is 7. The number of benzene rings is 1. The molecule has 0 radical (unpaired) electrons. The molecule has 3 aromatic rings. The summed E-state index contributed by atoms with van der Waals surface area (Å²) >= 11 is 1.06. The van der Waals surface area contributed by atoms with Crippen molar-refractivity contribution in [1.29, 1.82) is 5.26 Å². The molecule has 35 heavy (non-hydrogen) atoms. The molecule has 0 amide bonds. The van der Waals surface area contributed by atoms with Crippen molar-refractivity contribution in [3.63, 3.8) is 0 Å². The molecule has 6 nitrogen and oxygen atoms in total. The number of allylic oxidation sites excluding steroid dienone is 1. The number of ether oxygens (including phenoxy) is 1. The van der Waals surface area contributed by atoms with Gasteiger partial charge in [-0.15, -0.1) is 11.3 Å². The fourth-order valence-electron chi connectivity index (χ4n) is 4.84. The topological polar surface area (TPSA) is 74.1 Å². The van der Waals surface area contributed by atoms with Crippen molar-refractivity contribution in [1.82, 2.24) is 14.9 Å². The average Bonchev–Trinajstić information content (AvgIpc) is 3.43. The van der Waals surface area contributed by atoms with E-state index in [0.29, 0.717) is 22.5 Å². The van der Waals surface area contributed by atoms with Crippen LogP contribution in [0.25, 0.3) is 16.3 Å². The maximum atomic E-state index is 12.8. The van der Waals surface area contributed by atoms with E-state index in [9.17, 15) is 18.4 Å². The number of hydrogen-bond donors (Lipinski definition) is 1. The van der Waals surface area contributed by atoms with Gasteiger partial charge in [-0.25, -0.2) is 9.97 Å². The third-order valence-electron chi connectivity index (χ3n) is 6.49. The Labute approximate surface area is 205 Å². The second-order valence-electron chi connectivity index (χ2n) is 8.93. The highest BCUT2D eigenvalue weighted by Crippen LogP contribution is 2.36. The van der Waals surface area contributed by atoms with Gasteiger partial charge in [0.2, 0.25) is 0 Å². The lowest BCUT2D eigenvalue weighted by Crippen LogP contribution is -2.38. The van der Waals surface area contributed by atoms with Crippen LogP contribution in [-0.4, -0.2) is 47.3 Å². The molecule has 0 unspecified atom stereocenters. The number of nitrogens with one attached hydrogen (secondary N) is 1. The number of fused-ring (bicyclic) bond motifs is 2. The number of methoxy groups -OCH3 is 1. The lowest BCUT2D eigenvalue weighted by molar-refractivity contribution is -0.126. The van der Waals surface area contributed by atoms with Crippen LogP contribution in [-0.2, 0) is 19.4 Å². The smallest absolute Gasteiger partial charge is 0.393 e. The second kappa shape index (κ2) is 9.47. The number of alkyl halides is 3. The Hall–Kier alpha value is -3.16. The van der Waals surface area contributed by atoms with Crippen LogP contribution in [0.4, 0.5) is 19.0 Å². The maximum absolute atomic E-state index is 12.8. The van der Waals surface area contributed by atoms with Crippen molar-refractivity contribution in [3.8, 4) is 11.8 Å². The van der Waals surface area contributed by atoms with Crippen LogP contribution in [0.3, 0.4) is 0 Å². The monoisotopic (exact) mass is 499 g/mol. The quantitative estimate of drug-likeness (QED) is 0.493. The predicted molar refractivity (Wildman–Crippen MR) is 129 cm³/mol. The zero-order chi connectivity index (χ0) is 24.6. The van der Waals surface area contributed by atoms with E-state index in [2.05, 4.69) is 38.4 Å². The summed E-state index contributed by atoms with van der Waals surface area (Å²) in [6, 6.07) is 8.14. The number of nitriles is 1. The summed E-state index contributed by atoms with van der Waals surface area (Å²) < 4.78 is 44.1. The van der Waals surface area contributed by atoms with Crippen LogP contribution in [0.5, 0.6) is 5.75 Å². The summed E-state index contributed by atoms with van der Waals surface area (Å²) in [6.45, 7) is 2.49. The number of thiophene rings is 1. The van der Waals surface area contributed by atoms with E-state index in [0.717, 1.165) is 71.8 Å². The van der Waals surface area contributed by atoms with Gasteiger partial charge in [0.1, 0.15) is 22.7 Å². The fraction of sp³-hybridized carbons (Fsp3) is 0.400. The SMILES string of the molecule is COc1c(CN2CCC(Nc3ncnc4sc(CC(F)(F)F)cc34)CC2)ccc2c1C=C(C#N)C2. The van der Waals surface area contributed by atoms with Gasteiger partial charge in [0, 0.05) is 53.7 Å². The summed E-state index contributed by atoms with van der Waals surface area (Å²) in [6.07, 6.45) is 0.544. The molecule has 2 aromatic heterocycles. The highest BCUT2D eigenvalue weighted by molar-refractivity contribution is 7.18. The number of aromatic nitrogens is 2. The van der Waals surface area contributed by atoms with Crippen molar-refractivity contribution in [3.05, 3.63) is 51.7 Å². The minimum atomic E-state index is -4.25. The van der Waals surface area contributed by atoms with Crippen molar-refractivity contribution in [2.45, 2.75) is 44.4 Å². The largest absolute Gasteiger partial charge is 0.496 e. The van der Waals surface area contributed by atoms with Gasteiger partial charge >= 0.3 is 6.18 Å². The summed E-state index contributed by atoms with van der Waals surface area (Å²) in [4.78, 5) is 11.6. The number of rotatable bonds is 6. The van der Waals surface area contributed by atoms with Gasteiger partial charge in [0.25, 0.3) is 0 Å². The molecule has 1 fully saturated rings. The Morgan fingerprint density at radius 3 is 2.77 bits per heavy atom. The Bertz CT molecular complexity index is 1320. The van der Waals surface area contributed by atoms with Gasteiger partial charge in [-0.1, -0.05) is 12.1 Å². The van der Waals surface area contributed by atoms with Crippen molar-refractivity contribution < 1.29 is 17.9 Å². The second-order valence-corrected chi connectivity index (χ2v) is 10.0. The lowest BCUT2D eigenvalue weighted by Gasteiger charge is -2.33. The van der Waals surface area contributed by atoms with Crippen LogP contribution in [0.2, 0.25) is 0 Å². The molecular weight excluding hydrogens is 475 g/mol. The number of likely N-dealkylation sites (tertiary alicyclic amines) is 1. The molecule has 1 aliphatic carbocycles. The number of nitrogens with zero attached hydrogens (tertiary/aromatic N) is 4. The van der Waals surface area contributed by atoms with Gasteiger partial charge in [-0.05, 0) is 30.5 Å². The Balaban J connectivity index is 1.23. The van der Waals surface area contributed by atoms with Crippen LogP contribution in [0, 0.1) is 11.3 Å². The number of piperidine rings is 1. The Morgan fingerprint density at radius 1 is 1.26 bits per heavy atom. The molecule has 182 valence electrons. The predicted octanol–water partition coefficient (Wildman–Crippen LogP) is 5.34. The standard InChI is InChI=1S/C25H24F3N5OS/c1-34-22-17(3-2-16-8-15(12-29)9-20(16)22)13-33-6-4-18(5-7-33)32-23-21-10-19(11-25(26,27)28)35-24(21)31-14-30-23/h2-3,9-10,14,18H,4-8,11,13H2,1H3,(H,30,31,32). The first kappa shape index (κ1) is 23.6. The first-order valence-electron chi connectivity index (χ1n) is 11.4. The van der Waals surface area contributed by atoms with Crippen LogP contribution >= 0.6 is 11.3 Å². The molecule has 3 heterocycles. The van der Waals surface area contributed by atoms with E-state index in [-0.39, 0.29) is 10.9 Å². The van der Waals surface area contributed by atoms with E-state index in [4.69, 9.17) is 4.74 Å². The van der Waals surface area contributed by atoms with Crippen molar-refractivity contribution in [2.75, 3.05) is 25.5 Å². The Morgan fingerprint density at radius 2 is 2.06 bits per heavy atom. The van der Waals surface area contributed by atoms with Crippen LogP contribution in [0.1, 0.15) is 34.4 Å². The molecule has 1 aromatic carbocycles. The molecule has 2 aliphatic rings. The summed E-state index contributed by atoms with van der Waals surface area (Å²) in [5.74, 6) is 1.43. The van der Waals surface area contributed by atoms with E-state index >= 15 is 0 Å². The van der Waals surface area contributed by atoms with Gasteiger partial charge in [0.15, 0.2) is 0 Å². The van der Waals surface area contributed by atoms with Crippen molar-refractivity contribution in [2.24, 2.45) is 0 Å². The van der Waals surface area contributed by atoms with Gasteiger partial charge in [-0.3, -0.25) is 4.90 Å². The lowest BCUT2D eigenvalue weighted by atomic mass is 10.0. The highest BCUT2D eigenvalue weighted by atomic mass is 32.1. The molecule has 1 aliphatic heterocycles. The first-order valence-corrected chi connectivity index (χ1v) is 12.2. The molecule has 1 saturated heterocycles. The third-order valence-corrected chi connectivity index (χ3v) is 7.54. The normalized spacial score (nSPS) is 16.7. The number of halogens is 3. The van der Waals surface area contributed by atoms with Crippen molar-refractivity contribution >= 4 is 33.4 Å². The summed E-state index contributed by atoms with van der Waals surface area (Å²) in [5.41, 5.74) is 3.97. The zero-order valence-corrected chi connectivity index (χ0v) is 20.0. The van der Waals surface area contributed by atoms with E-state index < -0.39 is 12.6 Å². The van der Waals surface area contributed by atoms with Gasteiger partial charge < -0.3 is 10.1 Å². The molecule has 1 N–H and O–H groups in total. The summed E-state index contributed by atoms with van der Waals surface area (Å²) in [5, 5.41) is 13.3. The fourth-order valence-corrected chi connectivity index (χ4v) is 5.87. The minimum Gasteiger partial charge on any atom is -0.496 e. The molecule has 0 saturated carbocycles. The zero-order valence-electron chi connectivity index (χ0n) is 19.2. The molecular formula is C25H24F3N5OS. The first-order chi connectivity index (χ1) is 16.8. The molecule has 5 rings (SSSR count). The Kier molecular flexibility index (Phi) is 6.38. The molecule has 0 bridgehead atoms. The molecule has 0 spiro atoms. The number of anilines is 1. The van der Waals surface area contributed by atoms with E-state index in [1.54, 1.807) is 13.2 Å².